The molecule has 2 rings (SSSR count). The van der Waals surface area contributed by atoms with Crippen molar-refractivity contribution in [3.8, 4) is 11.5 Å². The van der Waals surface area contributed by atoms with Gasteiger partial charge in [-0.05, 0) is 51.3 Å². The Balaban J connectivity index is 2.15. The van der Waals surface area contributed by atoms with E-state index in [0.717, 1.165) is 27.1 Å². The average molecular weight is 319 g/mol. The van der Waals surface area contributed by atoms with Crippen molar-refractivity contribution >= 4 is 28.1 Å². The van der Waals surface area contributed by atoms with Gasteiger partial charge in [-0.15, -0.1) is 0 Å². The van der Waals surface area contributed by atoms with Crippen LogP contribution in [0.25, 0.3) is 12.2 Å². The monoisotopic (exact) mass is 318 g/mol. The summed E-state index contributed by atoms with van der Waals surface area (Å²) >= 11 is 3.48. The van der Waals surface area contributed by atoms with Gasteiger partial charge < -0.3 is 9.47 Å². The first kappa shape index (κ1) is 13.7. The van der Waals surface area contributed by atoms with Crippen molar-refractivity contribution in [2.24, 2.45) is 0 Å². The first-order chi connectivity index (χ1) is 9.22. The van der Waals surface area contributed by atoms with Gasteiger partial charge in [0.2, 0.25) is 0 Å². The molecule has 0 aliphatic rings. The van der Waals surface area contributed by atoms with Crippen molar-refractivity contribution in [1.82, 2.24) is 0 Å². The molecule has 2 aromatic rings. The van der Waals surface area contributed by atoms with Gasteiger partial charge in [-0.3, -0.25) is 0 Å². The maximum Gasteiger partial charge on any atom is 0.133 e. The van der Waals surface area contributed by atoms with Gasteiger partial charge in [-0.1, -0.05) is 30.4 Å². The molecule has 2 nitrogen and oxygen atoms in total. The minimum atomic E-state index is 0.835. The van der Waals surface area contributed by atoms with E-state index in [1.165, 1.54) is 0 Å². The topological polar surface area (TPSA) is 18.5 Å². The standard InChI is InChI=1S/C16H15BrO2/c1-18-14-8-5-12(6-9-14)3-4-13-7-10-16(19-2)15(17)11-13/h3-11H,1-2H3/b4-3-. The second kappa shape index (κ2) is 6.43. The molecular formula is C16H15BrO2. The third kappa shape index (κ3) is 3.61. The quantitative estimate of drug-likeness (QED) is 0.765. The van der Waals surface area contributed by atoms with E-state index >= 15 is 0 Å². The van der Waals surface area contributed by atoms with Crippen LogP contribution in [-0.2, 0) is 0 Å². The molecule has 0 bridgehead atoms. The largest absolute Gasteiger partial charge is 0.497 e. The summed E-state index contributed by atoms with van der Waals surface area (Å²) in [5.74, 6) is 1.70. The van der Waals surface area contributed by atoms with E-state index in [-0.39, 0.29) is 0 Å². The highest BCUT2D eigenvalue weighted by Crippen LogP contribution is 2.26. The maximum atomic E-state index is 5.20. The minimum absolute atomic E-state index is 0.835. The number of benzene rings is 2. The first-order valence-corrected chi connectivity index (χ1v) is 6.68. The highest BCUT2D eigenvalue weighted by molar-refractivity contribution is 9.10. The molecule has 0 amide bonds. The summed E-state index contributed by atoms with van der Waals surface area (Å²) < 4.78 is 11.3. The lowest BCUT2D eigenvalue weighted by Gasteiger charge is -2.03. The molecule has 0 N–H and O–H groups in total. The molecule has 0 aromatic heterocycles. The van der Waals surface area contributed by atoms with Crippen molar-refractivity contribution in [2.45, 2.75) is 0 Å². The van der Waals surface area contributed by atoms with Gasteiger partial charge in [-0.25, -0.2) is 0 Å². The van der Waals surface area contributed by atoms with Crippen LogP contribution in [0.15, 0.2) is 46.9 Å². The Morgan fingerprint density at radius 2 is 1.47 bits per heavy atom. The van der Waals surface area contributed by atoms with Crippen molar-refractivity contribution in [2.75, 3.05) is 14.2 Å². The number of halogens is 1. The summed E-state index contributed by atoms with van der Waals surface area (Å²) in [5.41, 5.74) is 2.25. The van der Waals surface area contributed by atoms with Gasteiger partial charge in [0.1, 0.15) is 11.5 Å². The van der Waals surface area contributed by atoms with Crippen LogP contribution in [0.4, 0.5) is 0 Å². The molecular weight excluding hydrogens is 304 g/mol. The highest BCUT2D eigenvalue weighted by Gasteiger charge is 1.99. The van der Waals surface area contributed by atoms with Crippen LogP contribution in [0.2, 0.25) is 0 Å². The fourth-order valence-corrected chi connectivity index (χ4v) is 2.25. The molecule has 19 heavy (non-hydrogen) atoms. The van der Waals surface area contributed by atoms with Crippen LogP contribution in [0.1, 0.15) is 11.1 Å². The number of methoxy groups -OCH3 is 2. The predicted octanol–water partition coefficient (Wildman–Crippen LogP) is 4.64. The molecule has 0 spiro atoms. The Morgan fingerprint density at radius 1 is 0.842 bits per heavy atom. The van der Waals surface area contributed by atoms with E-state index in [2.05, 4.69) is 28.1 Å². The van der Waals surface area contributed by atoms with Crippen LogP contribution >= 0.6 is 15.9 Å². The second-order valence-corrected chi connectivity index (χ2v) is 4.85. The highest BCUT2D eigenvalue weighted by atomic mass is 79.9. The zero-order chi connectivity index (χ0) is 13.7. The van der Waals surface area contributed by atoms with Crippen molar-refractivity contribution in [1.29, 1.82) is 0 Å². The Bertz CT molecular complexity index is 574. The van der Waals surface area contributed by atoms with Gasteiger partial charge in [0.15, 0.2) is 0 Å². The molecule has 0 aliphatic carbocycles. The Hall–Kier alpha value is -1.74. The molecule has 3 heteroatoms. The van der Waals surface area contributed by atoms with Crippen LogP contribution < -0.4 is 9.47 Å². The summed E-state index contributed by atoms with van der Waals surface area (Å²) in [5, 5.41) is 0. The summed E-state index contributed by atoms with van der Waals surface area (Å²) in [4.78, 5) is 0. The Morgan fingerprint density at radius 3 is 2.05 bits per heavy atom. The average Bonchev–Trinajstić information content (AvgIpc) is 2.46. The molecule has 0 fully saturated rings. The lowest BCUT2D eigenvalue weighted by Crippen LogP contribution is -1.84. The number of hydrogen-bond acceptors (Lipinski definition) is 2. The van der Waals surface area contributed by atoms with Crippen molar-refractivity contribution in [3.05, 3.63) is 58.1 Å². The summed E-state index contributed by atoms with van der Waals surface area (Å²) in [7, 11) is 3.33. The third-order valence-electron chi connectivity index (χ3n) is 2.76. The van der Waals surface area contributed by atoms with Crippen molar-refractivity contribution in [3.63, 3.8) is 0 Å². The molecule has 0 radical (unpaired) electrons. The van der Waals surface area contributed by atoms with Gasteiger partial charge >= 0.3 is 0 Å². The van der Waals surface area contributed by atoms with Crippen LogP contribution in [-0.4, -0.2) is 14.2 Å². The Kier molecular flexibility index (Phi) is 4.63. The van der Waals surface area contributed by atoms with Crippen LogP contribution in [0.3, 0.4) is 0 Å². The number of hydrogen-bond donors (Lipinski definition) is 0. The molecule has 0 atom stereocenters. The lowest BCUT2D eigenvalue weighted by molar-refractivity contribution is 0.412. The Labute approximate surface area is 121 Å². The normalized spacial score (nSPS) is 10.7. The van der Waals surface area contributed by atoms with Crippen LogP contribution in [0.5, 0.6) is 11.5 Å². The van der Waals surface area contributed by atoms with Crippen LogP contribution in [0, 0.1) is 0 Å². The number of ether oxygens (including phenoxy) is 2. The molecule has 0 unspecified atom stereocenters. The maximum absolute atomic E-state index is 5.20. The van der Waals surface area contributed by atoms with E-state index in [1.807, 2.05) is 42.5 Å². The van der Waals surface area contributed by atoms with Gasteiger partial charge in [0, 0.05) is 0 Å². The zero-order valence-electron chi connectivity index (χ0n) is 10.9. The molecule has 0 heterocycles. The minimum Gasteiger partial charge on any atom is -0.497 e. The van der Waals surface area contributed by atoms with Gasteiger partial charge in [0.05, 0.1) is 18.7 Å². The third-order valence-corrected chi connectivity index (χ3v) is 3.38. The second-order valence-electron chi connectivity index (χ2n) is 4.00. The van der Waals surface area contributed by atoms with E-state index in [4.69, 9.17) is 9.47 Å². The van der Waals surface area contributed by atoms with E-state index < -0.39 is 0 Å². The first-order valence-electron chi connectivity index (χ1n) is 5.88. The predicted molar refractivity (Wildman–Crippen MR) is 82.6 cm³/mol. The fourth-order valence-electron chi connectivity index (χ4n) is 1.69. The summed E-state index contributed by atoms with van der Waals surface area (Å²) in [6.45, 7) is 0. The van der Waals surface area contributed by atoms with E-state index in [9.17, 15) is 0 Å². The number of rotatable bonds is 4. The fraction of sp³-hybridized carbons (Fsp3) is 0.125. The lowest BCUT2D eigenvalue weighted by atomic mass is 10.1. The van der Waals surface area contributed by atoms with E-state index in [1.54, 1.807) is 14.2 Å². The molecule has 2 aromatic carbocycles. The molecule has 0 aliphatic heterocycles. The molecule has 98 valence electrons. The SMILES string of the molecule is COc1ccc(/C=C\c2ccc(OC)c(Br)c2)cc1. The van der Waals surface area contributed by atoms with Gasteiger partial charge in [0.25, 0.3) is 0 Å². The molecule has 0 saturated carbocycles. The summed E-state index contributed by atoms with van der Waals surface area (Å²) in [6.07, 6.45) is 4.12. The zero-order valence-corrected chi connectivity index (χ0v) is 12.5. The molecule has 0 saturated heterocycles. The van der Waals surface area contributed by atoms with E-state index in [0.29, 0.717) is 0 Å². The smallest absolute Gasteiger partial charge is 0.133 e. The van der Waals surface area contributed by atoms with Gasteiger partial charge in [-0.2, -0.15) is 0 Å². The summed E-state index contributed by atoms with van der Waals surface area (Å²) in [6, 6.07) is 13.9. The van der Waals surface area contributed by atoms with Crippen molar-refractivity contribution < 1.29 is 9.47 Å².